The average Bonchev–Trinajstić information content (AvgIpc) is 3.38. The molecule has 5 unspecified atom stereocenters. The lowest BCUT2D eigenvalue weighted by atomic mass is 9.85. The zero-order valence-electron chi connectivity index (χ0n) is 14.6. The summed E-state index contributed by atoms with van der Waals surface area (Å²) in [6.45, 7) is 2.45. The Hall–Kier alpha value is -1.89. The Balaban J connectivity index is 1.25. The molecule has 0 radical (unpaired) electrons. The lowest BCUT2D eigenvalue weighted by molar-refractivity contribution is -0.140. The number of aliphatic imine (C=N–C) groups is 1. The monoisotopic (exact) mass is 346 g/mol. The van der Waals surface area contributed by atoms with Crippen LogP contribution in [0, 0.1) is 23.7 Å². The van der Waals surface area contributed by atoms with E-state index in [-0.39, 0.29) is 41.6 Å². The molecule has 0 aromatic rings. The summed E-state index contributed by atoms with van der Waals surface area (Å²) in [7, 11) is 1.71. The van der Waals surface area contributed by atoms with Gasteiger partial charge in [0.15, 0.2) is 5.96 Å². The number of carbonyl (C=O) groups excluding carboxylic acids is 2. The molecule has 0 spiro atoms. The number of imide groups is 1. The number of fused-ring (bicyclic) bond motifs is 5. The number of rotatable bonds is 5. The summed E-state index contributed by atoms with van der Waals surface area (Å²) in [6, 6.07) is 0. The molecule has 1 saturated carbocycles. The molecule has 2 amide bonds. The molecule has 2 N–H and O–H groups in total. The van der Waals surface area contributed by atoms with Crippen LogP contribution in [0.15, 0.2) is 17.1 Å². The Morgan fingerprint density at radius 3 is 2.56 bits per heavy atom. The van der Waals surface area contributed by atoms with Crippen molar-refractivity contribution >= 4 is 17.8 Å². The van der Waals surface area contributed by atoms with Gasteiger partial charge in [-0.05, 0) is 31.1 Å². The van der Waals surface area contributed by atoms with Crippen molar-refractivity contribution in [2.75, 3.05) is 33.3 Å². The van der Waals surface area contributed by atoms with Crippen molar-refractivity contribution in [2.24, 2.45) is 28.7 Å². The fraction of sp³-hybridized carbons (Fsp3) is 0.722. The van der Waals surface area contributed by atoms with Gasteiger partial charge in [0.2, 0.25) is 11.8 Å². The third kappa shape index (κ3) is 2.94. The van der Waals surface area contributed by atoms with Gasteiger partial charge in [-0.3, -0.25) is 19.5 Å². The predicted octanol–water partition coefficient (Wildman–Crippen LogP) is 0.138. The molecule has 2 aliphatic carbocycles. The molecule has 136 valence electrons. The van der Waals surface area contributed by atoms with E-state index < -0.39 is 0 Å². The Morgan fingerprint density at radius 2 is 1.96 bits per heavy atom. The second-order valence-electron chi connectivity index (χ2n) is 7.34. The van der Waals surface area contributed by atoms with Gasteiger partial charge in [0, 0.05) is 33.3 Å². The maximum absolute atomic E-state index is 12.6. The summed E-state index contributed by atoms with van der Waals surface area (Å²) in [5, 5.41) is 6.43. The molecule has 25 heavy (non-hydrogen) atoms. The summed E-state index contributed by atoms with van der Waals surface area (Å²) < 4.78 is 5.58. The molecule has 3 fully saturated rings. The molecule has 5 atom stereocenters. The number of allylic oxidation sites excluding steroid dienone is 2. The molecule has 0 aromatic heterocycles. The van der Waals surface area contributed by atoms with Gasteiger partial charge in [-0.15, -0.1) is 0 Å². The number of amides is 2. The van der Waals surface area contributed by atoms with Crippen LogP contribution in [0.4, 0.5) is 0 Å². The van der Waals surface area contributed by atoms with Gasteiger partial charge in [0.05, 0.1) is 17.9 Å². The van der Waals surface area contributed by atoms with Crippen molar-refractivity contribution in [1.29, 1.82) is 0 Å². The van der Waals surface area contributed by atoms with Gasteiger partial charge in [-0.2, -0.15) is 0 Å². The van der Waals surface area contributed by atoms with Gasteiger partial charge < -0.3 is 15.4 Å². The topological polar surface area (TPSA) is 83.0 Å². The Morgan fingerprint density at radius 1 is 1.24 bits per heavy atom. The first kappa shape index (κ1) is 16.6. The number of nitrogens with zero attached hydrogens (tertiary/aromatic N) is 2. The molecule has 2 bridgehead atoms. The van der Waals surface area contributed by atoms with Crippen molar-refractivity contribution in [3.8, 4) is 0 Å². The van der Waals surface area contributed by atoms with E-state index in [9.17, 15) is 9.59 Å². The third-order valence-corrected chi connectivity index (χ3v) is 5.93. The average molecular weight is 346 g/mol. The van der Waals surface area contributed by atoms with E-state index in [1.807, 2.05) is 0 Å². The first-order chi connectivity index (χ1) is 12.2. The van der Waals surface area contributed by atoms with Crippen LogP contribution in [0.1, 0.15) is 19.3 Å². The second kappa shape index (κ2) is 6.78. The number of guanidine groups is 1. The van der Waals surface area contributed by atoms with Crippen molar-refractivity contribution < 1.29 is 14.3 Å². The molecular weight excluding hydrogens is 320 g/mol. The fourth-order valence-corrected chi connectivity index (χ4v) is 4.71. The lowest BCUT2D eigenvalue weighted by Gasteiger charge is -2.19. The highest BCUT2D eigenvalue weighted by Crippen LogP contribution is 2.52. The first-order valence-corrected chi connectivity index (χ1v) is 9.28. The van der Waals surface area contributed by atoms with Crippen molar-refractivity contribution in [3.05, 3.63) is 12.2 Å². The summed E-state index contributed by atoms with van der Waals surface area (Å²) in [4.78, 5) is 30.9. The van der Waals surface area contributed by atoms with E-state index in [1.54, 1.807) is 7.05 Å². The third-order valence-electron chi connectivity index (χ3n) is 5.93. The Bertz CT molecular complexity index is 581. The van der Waals surface area contributed by atoms with Gasteiger partial charge in [0.1, 0.15) is 0 Å². The maximum atomic E-state index is 12.6. The van der Waals surface area contributed by atoms with Crippen molar-refractivity contribution in [2.45, 2.75) is 25.4 Å². The highest BCUT2D eigenvalue weighted by molar-refractivity contribution is 6.06. The van der Waals surface area contributed by atoms with Crippen LogP contribution in [-0.4, -0.2) is 62.1 Å². The van der Waals surface area contributed by atoms with E-state index in [1.165, 1.54) is 4.90 Å². The van der Waals surface area contributed by atoms with Gasteiger partial charge in [0.25, 0.3) is 0 Å². The minimum absolute atomic E-state index is 0.0101. The maximum Gasteiger partial charge on any atom is 0.233 e. The van der Waals surface area contributed by atoms with Crippen LogP contribution >= 0.6 is 0 Å². The van der Waals surface area contributed by atoms with Crippen LogP contribution in [0.25, 0.3) is 0 Å². The van der Waals surface area contributed by atoms with Crippen LogP contribution in [0.3, 0.4) is 0 Å². The van der Waals surface area contributed by atoms with Crippen LogP contribution in [-0.2, 0) is 14.3 Å². The highest BCUT2D eigenvalue weighted by Gasteiger charge is 2.58. The normalized spacial score (nSPS) is 36.4. The molecule has 2 saturated heterocycles. The summed E-state index contributed by atoms with van der Waals surface area (Å²) in [5.41, 5.74) is 0. The molecule has 7 heteroatoms. The molecule has 2 aliphatic heterocycles. The quantitative estimate of drug-likeness (QED) is 0.320. The van der Waals surface area contributed by atoms with Crippen LogP contribution in [0.2, 0.25) is 0 Å². The minimum atomic E-state index is -0.112. The number of nitrogens with one attached hydrogen (secondary N) is 2. The van der Waals surface area contributed by atoms with Gasteiger partial charge >= 0.3 is 0 Å². The molecule has 4 rings (SSSR count). The van der Waals surface area contributed by atoms with Crippen LogP contribution < -0.4 is 10.6 Å². The van der Waals surface area contributed by atoms with E-state index in [4.69, 9.17) is 4.74 Å². The SMILES string of the molecule is CN=C(NCCN1C(=O)C2C3C=CC(C3)C2C1=O)NCC1CCCO1. The van der Waals surface area contributed by atoms with Crippen molar-refractivity contribution in [3.63, 3.8) is 0 Å². The predicted molar refractivity (Wildman–Crippen MR) is 92.8 cm³/mol. The van der Waals surface area contributed by atoms with E-state index in [0.29, 0.717) is 19.0 Å². The summed E-state index contributed by atoms with van der Waals surface area (Å²) >= 11 is 0. The summed E-state index contributed by atoms with van der Waals surface area (Å²) in [6.07, 6.45) is 7.63. The van der Waals surface area contributed by atoms with Gasteiger partial charge in [-0.1, -0.05) is 12.2 Å². The van der Waals surface area contributed by atoms with Crippen molar-refractivity contribution in [1.82, 2.24) is 15.5 Å². The summed E-state index contributed by atoms with van der Waals surface area (Å²) in [5.74, 6) is 1.01. The molecule has 0 aromatic carbocycles. The number of carbonyl (C=O) groups is 2. The zero-order chi connectivity index (χ0) is 17.4. The lowest BCUT2D eigenvalue weighted by Crippen LogP contribution is -2.45. The van der Waals surface area contributed by atoms with E-state index in [0.717, 1.165) is 32.4 Å². The highest BCUT2D eigenvalue weighted by atomic mass is 16.5. The molecule has 7 nitrogen and oxygen atoms in total. The standard InChI is InChI=1S/C18H26N4O3/c1-19-18(21-10-13-3-2-8-25-13)20-6-7-22-16(23)14-11-4-5-12(9-11)15(14)17(22)24/h4-5,11-15H,2-3,6-10H2,1H3,(H2,19,20,21). The second-order valence-corrected chi connectivity index (χ2v) is 7.34. The zero-order valence-corrected chi connectivity index (χ0v) is 14.6. The molecule has 2 heterocycles. The van der Waals surface area contributed by atoms with E-state index in [2.05, 4.69) is 27.8 Å². The number of hydrogen-bond acceptors (Lipinski definition) is 4. The minimum Gasteiger partial charge on any atom is -0.376 e. The molecule has 4 aliphatic rings. The van der Waals surface area contributed by atoms with Gasteiger partial charge in [-0.25, -0.2) is 0 Å². The Labute approximate surface area is 147 Å². The Kier molecular flexibility index (Phi) is 4.50. The number of hydrogen-bond donors (Lipinski definition) is 2. The molecular formula is C18H26N4O3. The van der Waals surface area contributed by atoms with E-state index >= 15 is 0 Å². The first-order valence-electron chi connectivity index (χ1n) is 9.28. The largest absolute Gasteiger partial charge is 0.376 e. The van der Waals surface area contributed by atoms with Crippen LogP contribution in [0.5, 0.6) is 0 Å². The number of ether oxygens (including phenoxy) is 1. The fourth-order valence-electron chi connectivity index (χ4n) is 4.71. The smallest absolute Gasteiger partial charge is 0.233 e. The number of likely N-dealkylation sites (tertiary alicyclic amines) is 1.